The van der Waals surface area contributed by atoms with E-state index in [0.717, 1.165) is 18.6 Å². The summed E-state index contributed by atoms with van der Waals surface area (Å²) >= 11 is 0. The zero-order valence-corrected chi connectivity index (χ0v) is 21.5. The molecule has 0 aliphatic heterocycles. The van der Waals surface area contributed by atoms with Gasteiger partial charge in [-0.25, -0.2) is 0 Å². The van der Waals surface area contributed by atoms with Gasteiger partial charge >= 0.3 is 0 Å². The van der Waals surface area contributed by atoms with Crippen LogP contribution in [0.2, 0.25) is 39.3 Å². The molecule has 2 aliphatic rings. The van der Waals surface area contributed by atoms with Crippen LogP contribution in [-0.4, -0.2) is 29.3 Å². The molecule has 6 heteroatoms. The lowest BCUT2D eigenvalue weighted by molar-refractivity contribution is 0.00891. The molecule has 0 heterocycles. The van der Waals surface area contributed by atoms with E-state index in [1.165, 1.54) is 34.4 Å². The molecule has 0 aromatic heterocycles. The number of fused-ring (bicyclic) bond motifs is 3. The normalized spacial score (nSPS) is 21.8. The molecule has 2 atom stereocenters. The van der Waals surface area contributed by atoms with Crippen molar-refractivity contribution in [2.75, 3.05) is 12.4 Å². The molecule has 0 saturated heterocycles. The number of hydrogen-bond acceptors (Lipinski definition) is 4. The van der Waals surface area contributed by atoms with Crippen molar-refractivity contribution in [3.05, 3.63) is 22.3 Å². The monoisotopic (exact) mass is 421 g/mol. The molecule has 0 fully saturated rings. The Hall–Kier alpha value is -0.826. The third-order valence-electron chi connectivity index (χ3n) is 5.12. The number of nitrogens with one attached hydrogen (secondary N) is 1. The number of hydrogen-bond donors (Lipinski definition) is 1. The summed E-state index contributed by atoms with van der Waals surface area (Å²) < 4.78 is 19.4. The second kappa shape index (κ2) is 7.15. The van der Waals surface area contributed by atoms with Gasteiger partial charge in [0.05, 0.1) is 12.8 Å². The molecule has 1 N–H and O–H groups in total. The van der Waals surface area contributed by atoms with Crippen molar-refractivity contribution < 1.29 is 13.6 Å². The number of ether oxygens (including phenoxy) is 1. The van der Waals surface area contributed by atoms with Crippen molar-refractivity contribution in [3.63, 3.8) is 0 Å². The number of benzene rings is 1. The average molecular weight is 422 g/mol. The van der Waals surface area contributed by atoms with Crippen molar-refractivity contribution >= 4 is 22.3 Å². The van der Waals surface area contributed by atoms with Crippen LogP contribution < -0.4 is 10.1 Å². The Morgan fingerprint density at radius 3 is 1.79 bits per heavy atom. The molecule has 2 aliphatic carbocycles. The van der Waals surface area contributed by atoms with Crippen LogP contribution in [0.4, 0.5) is 5.69 Å². The van der Waals surface area contributed by atoms with Crippen molar-refractivity contribution in [1.29, 1.82) is 0 Å². The highest BCUT2D eigenvalue weighted by Crippen LogP contribution is 2.60. The Morgan fingerprint density at radius 2 is 1.32 bits per heavy atom. The first-order valence-corrected chi connectivity index (χ1v) is 17.4. The van der Waals surface area contributed by atoms with Gasteiger partial charge < -0.3 is 18.9 Å². The zero-order chi connectivity index (χ0) is 21.1. The zero-order valence-electron chi connectivity index (χ0n) is 19.5. The quantitative estimate of drug-likeness (QED) is 0.556. The van der Waals surface area contributed by atoms with Crippen LogP contribution in [0.1, 0.15) is 61.7 Å². The van der Waals surface area contributed by atoms with E-state index < -0.39 is 16.6 Å². The summed E-state index contributed by atoms with van der Waals surface area (Å²) in [5.41, 5.74) is 6.68. The summed E-state index contributed by atoms with van der Waals surface area (Å²) in [5.74, 6) is 0.976. The molecule has 0 saturated carbocycles. The first kappa shape index (κ1) is 21.9. The van der Waals surface area contributed by atoms with Crippen LogP contribution in [0.5, 0.6) is 5.75 Å². The van der Waals surface area contributed by atoms with E-state index in [0.29, 0.717) is 0 Å². The Kier molecular flexibility index (Phi) is 5.58. The number of rotatable bonds is 6. The highest BCUT2D eigenvalue weighted by molar-refractivity contribution is 6.70. The molecule has 0 spiro atoms. The largest absolute Gasteiger partial charge is 0.494 e. The molecule has 0 unspecified atom stereocenters. The van der Waals surface area contributed by atoms with E-state index in [4.69, 9.17) is 13.6 Å². The van der Waals surface area contributed by atoms with Crippen molar-refractivity contribution in [2.45, 2.75) is 97.1 Å². The molecule has 0 amide bonds. The summed E-state index contributed by atoms with van der Waals surface area (Å²) in [4.78, 5) is 0. The lowest BCUT2D eigenvalue weighted by atomic mass is 9.76. The molecule has 4 nitrogen and oxygen atoms in total. The predicted molar refractivity (Wildman–Crippen MR) is 123 cm³/mol. The van der Waals surface area contributed by atoms with Crippen molar-refractivity contribution in [2.24, 2.45) is 0 Å². The Labute approximate surface area is 173 Å². The van der Waals surface area contributed by atoms with E-state index in [9.17, 15) is 0 Å². The molecule has 3 rings (SSSR count). The molecular weight excluding hydrogens is 382 g/mol. The molecule has 28 heavy (non-hydrogen) atoms. The predicted octanol–water partition coefficient (Wildman–Crippen LogP) is 6.19. The SMILES string of the molecule is COc1c(NC(C)(C)C)c2c(c3c1[C@@H](O[Si](C)(C)C)[C@@H]3O[Si](C)(C)C)CCC2. The standard InChI is InChI=1S/C22H39NO3Si2/c1-22(2,3)23-18-15-13-11-12-14(15)16-17(19(18)24-4)21(26-28(8,9)10)20(16)25-27(5,6)7/h20-21,23H,11-13H2,1-10H3/t20-,21-/m1/s1. The summed E-state index contributed by atoms with van der Waals surface area (Å²) in [6.45, 7) is 20.2. The van der Waals surface area contributed by atoms with E-state index in [2.05, 4.69) is 65.4 Å². The first-order chi connectivity index (χ1) is 12.7. The van der Waals surface area contributed by atoms with Gasteiger partial charge in [-0.1, -0.05) is 0 Å². The number of anilines is 1. The third kappa shape index (κ3) is 4.35. The minimum Gasteiger partial charge on any atom is -0.494 e. The fourth-order valence-corrected chi connectivity index (χ4v) is 6.42. The second-order valence-electron chi connectivity index (χ2n) is 11.2. The third-order valence-corrected chi connectivity index (χ3v) is 7.04. The van der Waals surface area contributed by atoms with E-state index >= 15 is 0 Å². The van der Waals surface area contributed by atoms with E-state index in [1.807, 2.05) is 0 Å². The van der Waals surface area contributed by atoms with Gasteiger partial charge in [-0.15, -0.1) is 0 Å². The molecular formula is C22H39NO3Si2. The summed E-state index contributed by atoms with van der Waals surface area (Å²) in [5, 5.41) is 3.75. The maximum Gasteiger partial charge on any atom is 0.184 e. The van der Waals surface area contributed by atoms with Crippen LogP contribution in [0.3, 0.4) is 0 Å². The minimum atomic E-state index is -1.74. The van der Waals surface area contributed by atoms with Crippen molar-refractivity contribution in [3.8, 4) is 5.75 Å². The van der Waals surface area contributed by atoms with Gasteiger partial charge in [-0.3, -0.25) is 0 Å². The Morgan fingerprint density at radius 1 is 0.821 bits per heavy atom. The molecule has 158 valence electrons. The summed E-state index contributed by atoms with van der Waals surface area (Å²) in [6, 6.07) is 0. The van der Waals surface area contributed by atoms with Gasteiger partial charge in [-0.05, 0) is 96.0 Å². The van der Waals surface area contributed by atoms with Crippen LogP contribution in [-0.2, 0) is 21.7 Å². The maximum absolute atomic E-state index is 6.68. The average Bonchev–Trinajstić information content (AvgIpc) is 2.96. The molecule has 0 bridgehead atoms. The molecule has 1 aromatic rings. The summed E-state index contributed by atoms with van der Waals surface area (Å²) in [6.07, 6.45) is 3.47. The van der Waals surface area contributed by atoms with Gasteiger partial charge in [0.1, 0.15) is 18.0 Å². The second-order valence-corrected chi connectivity index (χ2v) is 20.1. The fourth-order valence-electron chi connectivity index (χ4n) is 4.41. The highest BCUT2D eigenvalue weighted by atomic mass is 28.4. The van der Waals surface area contributed by atoms with Crippen molar-refractivity contribution in [1.82, 2.24) is 0 Å². The van der Waals surface area contributed by atoms with E-state index in [-0.39, 0.29) is 17.7 Å². The van der Waals surface area contributed by atoms with Gasteiger partial charge in [0.25, 0.3) is 0 Å². The smallest absolute Gasteiger partial charge is 0.184 e. The van der Waals surface area contributed by atoms with Gasteiger partial charge in [0.2, 0.25) is 0 Å². The minimum absolute atomic E-state index is 0.0187. The molecule has 1 aromatic carbocycles. The first-order valence-electron chi connectivity index (χ1n) is 10.6. The van der Waals surface area contributed by atoms with E-state index in [1.54, 1.807) is 7.11 Å². The number of methoxy groups -OCH3 is 1. The lowest BCUT2D eigenvalue weighted by Gasteiger charge is -2.47. The van der Waals surface area contributed by atoms with Crippen LogP contribution in [0.15, 0.2) is 0 Å². The Bertz CT molecular complexity index is 757. The Balaban J connectivity index is 2.18. The van der Waals surface area contributed by atoms with Gasteiger partial charge in [-0.2, -0.15) is 0 Å². The summed E-state index contributed by atoms with van der Waals surface area (Å²) in [7, 11) is -1.66. The molecule has 0 radical (unpaired) electrons. The lowest BCUT2D eigenvalue weighted by Crippen LogP contribution is -2.42. The van der Waals surface area contributed by atoms with Crippen LogP contribution in [0.25, 0.3) is 0 Å². The highest BCUT2D eigenvalue weighted by Gasteiger charge is 2.49. The topological polar surface area (TPSA) is 39.7 Å². The maximum atomic E-state index is 6.68. The van der Waals surface area contributed by atoms with Crippen LogP contribution >= 0.6 is 0 Å². The van der Waals surface area contributed by atoms with Crippen LogP contribution in [0, 0.1) is 0 Å². The van der Waals surface area contributed by atoms with Gasteiger partial charge in [0, 0.05) is 11.1 Å². The fraction of sp³-hybridized carbons (Fsp3) is 0.727. The van der Waals surface area contributed by atoms with Gasteiger partial charge in [0.15, 0.2) is 16.6 Å².